The van der Waals surface area contributed by atoms with Gasteiger partial charge >= 0.3 is 0 Å². The predicted molar refractivity (Wildman–Crippen MR) is 81.6 cm³/mol. The summed E-state index contributed by atoms with van der Waals surface area (Å²) in [6.45, 7) is 4.01. The fourth-order valence-electron chi connectivity index (χ4n) is 2.33. The number of hydrogen-bond acceptors (Lipinski definition) is 4. The molecule has 1 atom stereocenters. The number of benzene rings is 1. The highest BCUT2D eigenvalue weighted by atomic mass is 16.3. The van der Waals surface area contributed by atoms with Crippen LogP contribution in [0.1, 0.15) is 24.5 Å². The number of rotatable bonds is 3. The van der Waals surface area contributed by atoms with Crippen LogP contribution in [-0.4, -0.2) is 4.98 Å². The number of aryl methyl sites for hydroxylation is 1. The summed E-state index contributed by atoms with van der Waals surface area (Å²) in [5.74, 6) is 1.83. The molecule has 1 unspecified atom stereocenters. The van der Waals surface area contributed by atoms with Gasteiger partial charge in [0.2, 0.25) is 0 Å². The van der Waals surface area contributed by atoms with Crippen molar-refractivity contribution in [3.05, 3.63) is 54.2 Å². The van der Waals surface area contributed by atoms with Crippen LogP contribution in [0, 0.1) is 6.92 Å². The number of anilines is 2. The third kappa shape index (κ3) is 2.20. The Morgan fingerprint density at radius 1 is 1.15 bits per heavy atom. The van der Waals surface area contributed by atoms with E-state index in [0.29, 0.717) is 0 Å². The highest BCUT2D eigenvalue weighted by molar-refractivity contribution is 6.00. The molecular formula is C16H17N3O. The Labute approximate surface area is 117 Å². The van der Waals surface area contributed by atoms with Gasteiger partial charge in [-0.25, -0.2) is 0 Å². The topological polar surface area (TPSA) is 64.1 Å². The average Bonchev–Trinajstić information content (AvgIpc) is 2.89. The number of nitrogens with one attached hydrogen (secondary N) is 1. The predicted octanol–water partition coefficient (Wildman–Crippen LogP) is 3.89. The molecule has 1 aromatic carbocycles. The van der Waals surface area contributed by atoms with Gasteiger partial charge in [0.25, 0.3) is 0 Å². The van der Waals surface area contributed by atoms with Crippen molar-refractivity contribution in [2.24, 2.45) is 0 Å². The van der Waals surface area contributed by atoms with E-state index in [-0.39, 0.29) is 6.04 Å². The van der Waals surface area contributed by atoms with Crippen LogP contribution in [-0.2, 0) is 0 Å². The zero-order valence-electron chi connectivity index (χ0n) is 11.6. The van der Waals surface area contributed by atoms with Crippen molar-refractivity contribution in [3.63, 3.8) is 0 Å². The number of nitrogen functional groups attached to an aromatic ring is 1. The second kappa shape index (κ2) is 4.89. The fourth-order valence-corrected chi connectivity index (χ4v) is 2.33. The van der Waals surface area contributed by atoms with Gasteiger partial charge < -0.3 is 15.5 Å². The van der Waals surface area contributed by atoms with Crippen LogP contribution in [0.3, 0.4) is 0 Å². The quantitative estimate of drug-likeness (QED) is 0.706. The first-order chi connectivity index (χ1) is 9.65. The van der Waals surface area contributed by atoms with Crippen molar-refractivity contribution in [2.45, 2.75) is 19.9 Å². The molecule has 0 saturated carbocycles. The Kier molecular flexibility index (Phi) is 3.06. The second-order valence-corrected chi connectivity index (χ2v) is 4.94. The van der Waals surface area contributed by atoms with Crippen LogP contribution in [0.15, 0.2) is 47.1 Å². The Hall–Kier alpha value is -2.49. The molecule has 0 radical (unpaired) electrons. The van der Waals surface area contributed by atoms with E-state index in [4.69, 9.17) is 10.2 Å². The molecule has 0 spiro atoms. The lowest BCUT2D eigenvalue weighted by Crippen LogP contribution is -2.06. The molecule has 3 aromatic rings. The van der Waals surface area contributed by atoms with E-state index in [1.807, 2.05) is 43.5 Å². The molecule has 102 valence electrons. The molecule has 0 aliphatic carbocycles. The van der Waals surface area contributed by atoms with E-state index in [0.717, 1.165) is 33.7 Å². The Balaban J connectivity index is 1.97. The molecule has 0 bridgehead atoms. The molecule has 0 fully saturated rings. The first-order valence-electron chi connectivity index (χ1n) is 6.60. The van der Waals surface area contributed by atoms with Crippen LogP contribution < -0.4 is 11.1 Å². The lowest BCUT2D eigenvalue weighted by molar-refractivity contribution is 0.467. The number of furan rings is 1. The normalized spacial score (nSPS) is 12.5. The summed E-state index contributed by atoms with van der Waals surface area (Å²) in [6.07, 6.45) is 3.58. The summed E-state index contributed by atoms with van der Waals surface area (Å²) in [5.41, 5.74) is 7.76. The van der Waals surface area contributed by atoms with Crippen molar-refractivity contribution in [1.82, 2.24) is 4.98 Å². The van der Waals surface area contributed by atoms with Crippen LogP contribution in [0.25, 0.3) is 10.8 Å². The molecular weight excluding hydrogens is 250 g/mol. The Morgan fingerprint density at radius 2 is 2.00 bits per heavy atom. The van der Waals surface area contributed by atoms with E-state index in [1.165, 1.54) is 0 Å². The largest absolute Gasteiger partial charge is 0.464 e. The third-order valence-corrected chi connectivity index (χ3v) is 3.41. The molecule has 0 aliphatic heterocycles. The Bertz CT molecular complexity index is 748. The van der Waals surface area contributed by atoms with E-state index in [2.05, 4.69) is 17.2 Å². The van der Waals surface area contributed by atoms with Gasteiger partial charge in [0, 0.05) is 34.5 Å². The zero-order chi connectivity index (χ0) is 14.1. The third-order valence-electron chi connectivity index (χ3n) is 3.41. The van der Waals surface area contributed by atoms with Gasteiger partial charge in [-0.2, -0.15) is 0 Å². The monoisotopic (exact) mass is 267 g/mol. The van der Waals surface area contributed by atoms with Crippen molar-refractivity contribution in [2.75, 3.05) is 11.1 Å². The van der Waals surface area contributed by atoms with Crippen LogP contribution in [0.4, 0.5) is 11.4 Å². The van der Waals surface area contributed by atoms with Crippen molar-refractivity contribution in [1.29, 1.82) is 0 Å². The SMILES string of the molecule is Cc1ccc(C(C)Nc2ccc(N)c3ccncc23)o1. The first kappa shape index (κ1) is 12.5. The van der Waals surface area contributed by atoms with Crippen LogP contribution in [0.2, 0.25) is 0 Å². The van der Waals surface area contributed by atoms with Gasteiger partial charge in [0.05, 0.1) is 6.04 Å². The average molecular weight is 267 g/mol. The zero-order valence-corrected chi connectivity index (χ0v) is 11.6. The molecule has 3 rings (SSSR count). The van der Waals surface area contributed by atoms with Gasteiger partial charge in [-0.1, -0.05) is 0 Å². The van der Waals surface area contributed by atoms with Gasteiger partial charge in [0.15, 0.2) is 0 Å². The molecule has 20 heavy (non-hydrogen) atoms. The van der Waals surface area contributed by atoms with Gasteiger partial charge in [-0.05, 0) is 44.2 Å². The lowest BCUT2D eigenvalue weighted by atomic mass is 10.1. The number of hydrogen-bond donors (Lipinski definition) is 2. The molecule has 3 N–H and O–H groups in total. The fraction of sp³-hybridized carbons (Fsp3) is 0.188. The van der Waals surface area contributed by atoms with Crippen molar-refractivity contribution >= 4 is 22.1 Å². The number of fused-ring (bicyclic) bond motifs is 1. The molecule has 4 heteroatoms. The molecule has 2 aromatic heterocycles. The highest BCUT2D eigenvalue weighted by Crippen LogP contribution is 2.30. The molecule has 0 saturated heterocycles. The summed E-state index contributed by atoms with van der Waals surface area (Å²) in [4.78, 5) is 4.18. The standard InChI is InChI=1S/C16H17N3O/c1-10-3-6-16(20-10)11(2)19-15-5-4-14(17)12-7-8-18-9-13(12)15/h3-9,11,19H,17H2,1-2H3. The number of nitrogens with two attached hydrogens (primary N) is 1. The van der Waals surface area contributed by atoms with Crippen LogP contribution in [0.5, 0.6) is 0 Å². The smallest absolute Gasteiger partial charge is 0.126 e. The second-order valence-electron chi connectivity index (χ2n) is 4.94. The highest BCUT2D eigenvalue weighted by Gasteiger charge is 2.11. The van der Waals surface area contributed by atoms with Gasteiger partial charge in [0.1, 0.15) is 11.5 Å². The van der Waals surface area contributed by atoms with Crippen molar-refractivity contribution < 1.29 is 4.42 Å². The minimum absolute atomic E-state index is 0.0794. The molecule has 2 heterocycles. The maximum Gasteiger partial charge on any atom is 0.126 e. The Morgan fingerprint density at radius 3 is 2.75 bits per heavy atom. The van der Waals surface area contributed by atoms with E-state index >= 15 is 0 Å². The summed E-state index contributed by atoms with van der Waals surface area (Å²) in [5, 5.41) is 5.48. The number of aromatic nitrogens is 1. The van der Waals surface area contributed by atoms with E-state index in [9.17, 15) is 0 Å². The van der Waals surface area contributed by atoms with Gasteiger partial charge in [-0.15, -0.1) is 0 Å². The maximum atomic E-state index is 6.00. The number of nitrogens with zero attached hydrogens (tertiary/aromatic N) is 1. The van der Waals surface area contributed by atoms with E-state index < -0.39 is 0 Å². The summed E-state index contributed by atoms with van der Waals surface area (Å²) in [7, 11) is 0. The summed E-state index contributed by atoms with van der Waals surface area (Å²) >= 11 is 0. The lowest BCUT2D eigenvalue weighted by Gasteiger charge is -2.15. The van der Waals surface area contributed by atoms with Gasteiger partial charge in [-0.3, -0.25) is 4.98 Å². The minimum atomic E-state index is 0.0794. The summed E-state index contributed by atoms with van der Waals surface area (Å²) in [6, 6.07) is 9.85. The van der Waals surface area contributed by atoms with Crippen molar-refractivity contribution in [3.8, 4) is 0 Å². The maximum absolute atomic E-state index is 6.00. The summed E-state index contributed by atoms with van der Waals surface area (Å²) < 4.78 is 5.65. The van der Waals surface area contributed by atoms with Crippen LogP contribution >= 0.6 is 0 Å². The molecule has 4 nitrogen and oxygen atoms in total. The minimum Gasteiger partial charge on any atom is -0.464 e. The van der Waals surface area contributed by atoms with E-state index in [1.54, 1.807) is 6.20 Å². The number of pyridine rings is 1. The first-order valence-corrected chi connectivity index (χ1v) is 6.60. The molecule has 0 amide bonds. The molecule has 0 aliphatic rings.